The molecule has 0 saturated carbocycles. The monoisotopic (exact) mass is 356 g/mol. The summed E-state index contributed by atoms with van der Waals surface area (Å²) in [5.41, 5.74) is 4.65. The second kappa shape index (κ2) is 7.03. The van der Waals surface area contributed by atoms with Gasteiger partial charge in [0.05, 0.1) is 12.0 Å². The number of amides is 2. The van der Waals surface area contributed by atoms with Gasteiger partial charge in [0.15, 0.2) is 0 Å². The molecule has 0 radical (unpaired) electrons. The van der Waals surface area contributed by atoms with E-state index in [1.54, 1.807) is 0 Å². The Morgan fingerprint density at radius 3 is 2.24 bits per heavy atom. The van der Waals surface area contributed by atoms with Crippen molar-refractivity contribution in [3.8, 4) is 0 Å². The van der Waals surface area contributed by atoms with Crippen molar-refractivity contribution in [1.29, 1.82) is 0 Å². The van der Waals surface area contributed by atoms with Crippen molar-refractivity contribution in [2.45, 2.75) is 25.4 Å². The van der Waals surface area contributed by atoms with Crippen molar-refractivity contribution < 1.29 is 27.5 Å². The Labute approximate surface area is 142 Å². The Bertz CT molecular complexity index is 667. The largest absolute Gasteiger partial charge is 0.377 e. The Morgan fingerprint density at radius 2 is 1.68 bits per heavy atom. The van der Waals surface area contributed by atoms with E-state index in [0.29, 0.717) is 38.0 Å². The van der Waals surface area contributed by atoms with E-state index >= 15 is 0 Å². The van der Waals surface area contributed by atoms with E-state index in [-0.39, 0.29) is 31.0 Å². The zero-order valence-corrected chi connectivity index (χ0v) is 13.5. The first kappa shape index (κ1) is 17.7. The molecule has 2 saturated heterocycles. The lowest BCUT2D eigenvalue weighted by molar-refractivity contribution is -0.124. The number of primary amides is 1. The zero-order valence-electron chi connectivity index (χ0n) is 13.5. The Hall–Kier alpha value is -2.09. The summed E-state index contributed by atoms with van der Waals surface area (Å²) in [6, 6.07) is 0.986. The number of hydrogen-bond donors (Lipinski definition) is 1. The van der Waals surface area contributed by atoms with Crippen molar-refractivity contribution >= 4 is 11.8 Å². The highest BCUT2D eigenvalue weighted by Gasteiger charge is 2.40. The molecule has 0 unspecified atom stereocenters. The molecular weight excluding hydrogens is 337 g/mol. The van der Waals surface area contributed by atoms with Gasteiger partial charge in [0.1, 0.15) is 23.0 Å². The molecule has 0 aliphatic carbocycles. The summed E-state index contributed by atoms with van der Waals surface area (Å²) in [5.74, 6) is -4.95. The fraction of sp³-hybridized carbons (Fsp3) is 0.529. The lowest BCUT2D eigenvalue weighted by atomic mass is 9.84. The van der Waals surface area contributed by atoms with E-state index < -0.39 is 34.8 Å². The number of carbonyl (C=O) groups excluding carboxylic acids is 2. The van der Waals surface area contributed by atoms with Crippen LogP contribution in [-0.4, -0.2) is 42.5 Å². The van der Waals surface area contributed by atoms with Gasteiger partial charge in [-0.15, -0.1) is 0 Å². The predicted octanol–water partition coefficient (Wildman–Crippen LogP) is 1.85. The average molecular weight is 356 g/mol. The summed E-state index contributed by atoms with van der Waals surface area (Å²) in [6.45, 7) is 1.04. The van der Waals surface area contributed by atoms with Crippen LogP contribution in [0, 0.1) is 29.3 Å². The standard InChI is InChI=1S/C17H19F3N2O3/c18-10-7-12(19)14(13(20)8-10)17(24)22-4-1-9(2-5-22)15-11(16(21)23)3-6-25-15/h7-9,11,15H,1-6H2,(H2,21,23)/t11-,15+/m0/s1. The number of likely N-dealkylation sites (tertiary alicyclic amines) is 1. The molecule has 0 spiro atoms. The van der Waals surface area contributed by atoms with Crippen molar-refractivity contribution in [2.75, 3.05) is 19.7 Å². The first-order valence-electron chi connectivity index (χ1n) is 8.23. The van der Waals surface area contributed by atoms with Crippen LogP contribution in [0.15, 0.2) is 12.1 Å². The van der Waals surface area contributed by atoms with Crippen LogP contribution in [0.4, 0.5) is 13.2 Å². The molecule has 1 aromatic rings. The lowest BCUT2D eigenvalue weighted by Crippen LogP contribution is -2.44. The van der Waals surface area contributed by atoms with Crippen molar-refractivity contribution in [1.82, 2.24) is 4.90 Å². The number of nitrogens with zero attached hydrogens (tertiary/aromatic N) is 1. The number of benzene rings is 1. The molecule has 0 aromatic heterocycles. The smallest absolute Gasteiger partial charge is 0.259 e. The Kier molecular flexibility index (Phi) is 4.99. The van der Waals surface area contributed by atoms with Crippen LogP contribution in [0.1, 0.15) is 29.6 Å². The van der Waals surface area contributed by atoms with Crippen LogP contribution >= 0.6 is 0 Å². The number of ether oxygens (including phenoxy) is 1. The second-order valence-corrected chi connectivity index (χ2v) is 6.51. The highest BCUT2D eigenvalue weighted by Crippen LogP contribution is 2.33. The first-order chi connectivity index (χ1) is 11.9. The Morgan fingerprint density at radius 1 is 1.08 bits per heavy atom. The lowest BCUT2D eigenvalue weighted by Gasteiger charge is -2.35. The van der Waals surface area contributed by atoms with E-state index in [0.717, 1.165) is 0 Å². The quantitative estimate of drug-likeness (QED) is 0.898. The number of carbonyl (C=O) groups is 2. The third kappa shape index (κ3) is 3.49. The van der Waals surface area contributed by atoms with Crippen LogP contribution in [-0.2, 0) is 9.53 Å². The van der Waals surface area contributed by atoms with E-state index in [4.69, 9.17) is 10.5 Å². The van der Waals surface area contributed by atoms with Gasteiger partial charge in [-0.2, -0.15) is 0 Å². The van der Waals surface area contributed by atoms with Gasteiger partial charge < -0.3 is 15.4 Å². The second-order valence-electron chi connectivity index (χ2n) is 6.51. The van der Waals surface area contributed by atoms with Crippen molar-refractivity contribution in [3.05, 3.63) is 35.1 Å². The normalized spacial score (nSPS) is 24.5. The molecule has 2 fully saturated rings. The molecule has 2 atom stereocenters. The molecule has 0 bridgehead atoms. The average Bonchev–Trinajstić information content (AvgIpc) is 3.03. The van der Waals surface area contributed by atoms with Gasteiger partial charge in [0, 0.05) is 31.8 Å². The van der Waals surface area contributed by atoms with E-state index in [2.05, 4.69) is 0 Å². The molecule has 25 heavy (non-hydrogen) atoms. The van der Waals surface area contributed by atoms with Gasteiger partial charge in [0.2, 0.25) is 5.91 Å². The Balaban J connectivity index is 1.66. The predicted molar refractivity (Wildman–Crippen MR) is 82.0 cm³/mol. The van der Waals surface area contributed by atoms with Gasteiger partial charge in [-0.25, -0.2) is 13.2 Å². The number of hydrogen-bond acceptors (Lipinski definition) is 3. The van der Waals surface area contributed by atoms with Crippen LogP contribution in [0.25, 0.3) is 0 Å². The first-order valence-corrected chi connectivity index (χ1v) is 8.23. The summed E-state index contributed by atoms with van der Waals surface area (Å²) in [5, 5.41) is 0. The fourth-order valence-electron chi connectivity index (χ4n) is 3.72. The third-order valence-corrected chi connectivity index (χ3v) is 5.01. The molecule has 136 valence electrons. The minimum absolute atomic E-state index is 0.0620. The zero-order chi connectivity index (χ0) is 18.1. The minimum atomic E-state index is -1.21. The van der Waals surface area contributed by atoms with Gasteiger partial charge >= 0.3 is 0 Å². The number of piperidine rings is 1. The van der Waals surface area contributed by atoms with E-state index in [1.165, 1.54) is 4.90 Å². The third-order valence-electron chi connectivity index (χ3n) is 5.01. The van der Waals surface area contributed by atoms with Crippen molar-refractivity contribution in [2.24, 2.45) is 17.6 Å². The summed E-state index contributed by atoms with van der Waals surface area (Å²) < 4.78 is 46.2. The van der Waals surface area contributed by atoms with E-state index in [9.17, 15) is 22.8 Å². The van der Waals surface area contributed by atoms with Gasteiger partial charge in [-0.3, -0.25) is 9.59 Å². The highest BCUT2D eigenvalue weighted by atomic mass is 19.1. The topological polar surface area (TPSA) is 72.6 Å². The number of nitrogens with two attached hydrogens (primary N) is 1. The summed E-state index contributed by atoms with van der Waals surface area (Å²) >= 11 is 0. The van der Waals surface area contributed by atoms with Crippen LogP contribution < -0.4 is 5.73 Å². The highest BCUT2D eigenvalue weighted by molar-refractivity contribution is 5.94. The van der Waals surface area contributed by atoms with Crippen LogP contribution in [0.2, 0.25) is 0 Å². The summed E-state index contributed by atoms with van der Waals surface area (Å²) in [7, 11) is 0. The maximum atomic E-state index is 13.8. The maximum absolute atomic E-state index is 13.8. The van der Waals surface area contributed by atoms with Gasteiger partial charge in [-0.1, -0.05) is 0 Å². The van der Waals surface area contributed by atoms with Crippen LogP contribution in [0.5, 0.6) is 0 Å². The number of rotatable bonds is 3. The maximum Gasteiger partial charge on any atom is 0.259 e. The molecule has 2 amide bonds. The van der Waals surface area contributed by atoms with Crippen LogP contribution in [0.3, 0.4) is 0 Å². The fourth-order valence-corrected chi connectivity index (χ4v) is 3.72. The SMILES string of the molecule is NC(=O)[C@H]1CCO[C@@H]1C1CCN(C(=O)c2c(F)cc(F)cc2F)CC1. The molecule has 2 aliphatic heterocycles. The molecule has 8 heteroatoms. The molecular formula is C17H19F3N2O3. The molecule has 3 rings (SSSR count). The van der Waals surface area contributed by atoms with E-state index in [1.807, 2.05) is 0 Å². The molecule has 1 aromatic carbocycles. The summed E-state index contributed by atoms with van der Waals surface area (Å²) in [4.78, 5) is 25.2. The number of halogens is 3. The molecule has 5 nitrogen and oxygen atoms in total. The molecule has 2 heterocycles. The van der Waals surface area contributed by atoms with Crippen molar-refractivity contribution in [3.63, 3.8) is 0 Å². The molecule has 2 aliphatic rings. The molecule has 2 N–H and O–H groups in total. The minimum Gasteiger partial charge on any atom is -0.377 e. The van der Waals surface area contributed by atoms with Gasteiger partial charge in [-0.05, 0) is 25.2 Å². The van der Waals surface area contributed by atoms with Gasteiger partial charge in [0.25, 0.3) is 5.91 Å². The summed E-state index contributed by atoms with van der Waals surface area (Å²) in [6.07, 6.45) is 1.41.